The molecule has 0 unspecified atom stereocenters. The Morgan fingerprint density at radius 1 is 0.927 bits per heavy atom. The van der Waals surface area contributed by atoms with Gasteiger partial charge in [-0.15, -0.1) is 0 Å². The molecule has 1 saturated heterocycles. The molecule has 7 heteroatoms. The molecule has 41 heavy (non-hydrogen) atoms. The van der Waals surface area contributed by atoms with E-state index in [0.29, 0.717) is 59.3 Å². The minimum absolute atomic E-state index is 0.00116. The quantitative estimate of drug-likeness (QED) is 0.253. The standard InChI is InChI=1S/C34H38Cl2N2O3/c1-21-5-3-6-24(22(21)2)20-38(26-11-12-26)34(39)32-28(17-25-18-37-19-29(25)32)23-9-13-27(14-10-23)40-15-16-41-33-30(35)7-4-8-31(33)36/h3-10,13-14,25-26,28-29,32,37H,11-12,15-20H2,1-2H3/t25-,28+,29+,32-/m0/s1. The summed E-state index contributed by atoms with van der Waals surface area (Å²) in [6.07, 6.45) is 3.26. The zero-order valence-corrected chi connectivity index (χ0v) is 25.3. The molecule has 5 nitrogen and oxygen atoms in total. The minimum Gasteiger partial charge on any atom is -0.490 e. The number of para-hydroxylation sites is 1. The molecule has 1 heterocycles. The molecular weight excluding hydrogens is 555 g/mol. The molecule has 2 saturated carbocycles. The van der Waals surface area contributed by atoms with Gasteiger partial charge >= 0.3 is 0 Å². The topological polar surface area (TPSA) is 50.8 Å². The molecular formula is C34H38Cl2N2O3. The van der Waals surface area contributed by atoms with E-state index in [4.69, 9.17) is 32.7 Å². The molecule has 1 amide bonds. The fraction of sp³-hybridized carbons (Fsp3) is 0.441. The highest BCUT2D eigenvalue weighted by atomic mass is 35.5. The third-order valence-corrected chi connectivity index (χ3v) is 9.88. The number of carbonyl (C=O) groups is 1. The van der Waals surface area contributed by atoms with Crippen LogP contribution in [0.2, 0.25) is 10.0 Å². The lowest BCUT2D eigenvalue weighted by Crippen LogP contribution is -2.41. The van der Waals surface area contributed by atoms with E-state index in [2.05, 4.69) is 54.4 Å². The van der Waals surface area contributed by atoms with Gasteiger partial charge in [0.2, 0.25) is 5.91 Å². The number of benzene rings is 3. The van der Waals surface area contributed by atoms with Gasteiger partial charge in [-0.2, -0.15) is 0 Å². The number of nitrogens with zero attached hydrogens (tertiary/aromatic N) is 1. The Hall–Kier alpha value is -2.73. The van der Waals surface area contributed by atoms with Crippen LogP contribution < -0.4 is 14.8 Å². The Morgan fingerprint density at radius 3 is 2.37 bits per heavy atom. The highest BCUT2D eigenvalue weighted by Crippen LogP contribution is 2.50. The number of hydrogen-bond donors (Lipinski definition) is 1. The van der Waals surface area contributed by atoms with Crippen molar-refractivity contribution in [3.05, 3.63) is 93.0 Å². The maximum Gasteiger partial charge on any atom is 0.227 e. The van der Waals surface area contributed by atoms with Crippen molar-refractivity contribution >= 4 is 29.1 Å². The summed E-state index contributed by atoms with van der Waals surface area (Å²) in [6, 6.07) is 20.4. The van der Waals surface area contributed by atoms with Crippen molar-refractivity contribution < 1.29 is 14.3 Å². The predicted octanol–water partition coefficient (Wildman–Crippen LogP) is 7.20. The van der Waals surface area contributed by atoms with Crippen LogP contribution in [-0.4, -0.2) is 43.2 Å². The summed E-state index contributed by atoms with van der Waals surface area (Å²) >= 11 is 12.4. The molecule has 0 bridgehead atoms. The molecule has 1 aliphatic heterocycles. The number of hydrogen-bond acceptors (Lipinski definition) is 4. The largest absolute Gasteiger partial charge is 0.490 e. The van der Waals surface area contributed by atoms with Crippen molar-refractivity contribution in [2.45, 2.75) is 51.6 Å². The number of aryl methyl sites for hydroxylation is 1. The predicted molar refractivity (Wildman–Crippen MR) is 164 cm³/mol. The second-order valence-electron chi connectivity index (χ2n) is 11.8. The molecule has 3 aromatic carbocycles. The van der Waals surface area contributed by atoms with E-state index in [1.165, 1.54) is 22.3 Å². The van der Waals surface area contributed by atoms with Gasteiger partial charge in [0.05, 0.1) is 10.0 Å². The third kappa shape index (κ3) is 6.09. The molecule has 3 aromatic rings. The highest BCUT2D eigenvalue weighted by Gasteiger charge is 2.51. The van der Waals surface area contributed by atoms with Crippen molar-refractivity contribution in [3.63, 3.8) is 0 Å². The highest BCUT2D eigenvalue weighted by molar-refractivity contribution is 6.37. The van der Waals surface area contributed by atoms with E-state index >= 15 is 0 Å². The van der Waals surface area contributed by atoms with Crippen molar-refractivity contribution in [2.75, 3.05) is 26.3 Å². The molecule has 1 N–H and O–H groups in total. The first-order chi connectivity index (χ1) is 19.9. The van der Waals surface area contributed by atoms with Crippen LogP contribution in [0.25, 0.3) is 0 Å². The van der Waals surface area contributed by atoms with Gasteiger partial charge in [0, 0.05) is 18.5 Å². The van der Waals surface area contributed by atoms with Crippen LogP contribution in [0.1, 0.15) is 47.4 Å². The van der Waals surface area contributed by atoms with E-state index < -0.39 is 0 Å². The Bertz CT molecular complexity index is 1370. The number of ether oxygens (including phenoxy) is 2. The Kier molecular flexibility index (Phi) is 8.48. The second kappa shape index (κ2) is 12.2. The minimum atomic E-state index is 0.00116. The molecule has 2 aliphatic carbocycles. The van der Waals surface area contributed by atoms with Crippen molar-refractivity contribution in [1.29, 1.82) is 0 Å². The maximum atomic E-state index is 14.4. The van der Waals surface area contributed by atoms with Crippen LogP contribution in [-0.2, 0) is 11.3 Å². The molecule has 0 aromatic heterocycles. The van der Waals surface area contributed by atoms with Crippen molar-refractivity contribution in [3.8, 4) is 11.5 Å². The zero-order valence-electron chi connectivity index (χ0n) is 23.7. The SMILES string of the molecule is Cc1cccc(CN(C(=O)[C@@H]2[C@@H]3CNC[C@@H]3C[C@@H]2c2ccc(OCCOc3c(Cl)cccc3Cl)cc2)C2CC2)c1C. The lowest BCUT2D eigenvalue weighted by molar-refractivity contribution is -0.138. The number of nitrogens with one attached hydrogen (secondary N) is 1. The maximum absolute atomic E-state index is 14.4. The first kappa shape index (κ1) is 28.4. The van der Waals surface area contributed by atoms with Gasteiger partial charge < -0.3 is 19.7 Å². The van der Waals surface area contributed by atoms with E-state index in [1.807, 2.05) is 12.1 Å². The van der Waals surface area contributed by atoms with Gasteiger partial charge in [-0.05, 0) is 110 Å². The molecule has 0 radical (unpaired) electrons. The van der Waals surface area contributed by atoms with Gasteiger partial charge in [-0.25, -0.2) is 0 Å². The molecule has 6 rings (SSSR count). The Morgan fingerprint density at radius 2 is 1.63 bits per heavy atom. The summed E-state index contributed by atoms with van der Waals surface area (Å²) in [6.45, 7) is 7.67. The van der Waals surface area contributed by atoms with Gasteiger partial charge in [0.15, 0.2) is 5.75 Å². The van der Waals surface area contributed by atoms with Crippen molar-refractivity contribution in [1.82, 2.24) is 10.2 Å². The van der Waals surface area contributed by atoms with E-state index in [1.54, 1.807) is 18.2 Å². The zero-order chi connectivity index (χ0) is 28.5. The van der Waals surface area contributed by atoms with Gasteiger partial charge in [-0.1, -0.05) is 59.6 Å². The molecule has 3 aliphatic rings. The monoisotopic (exact) mass is 592 g/mol. The molecule has 3 fully saturated rings. The normalized spacial score (nSPS) is 23.3. The number of halogens is 2. The smallest absolute Gasteiger partial charge is 0.227 e. The van der Waals surface area contributed by atoms with Gasteiger partial charge in [0.25, 0.3) is 0 Å². The summed E-state index contributed by atoms with van der Waals surface area (Å²) in [5.41, 5.74) is 5.08. The summed E-state index contributed by atoms with van der Waals surface area (Å²) in [7, 11) is 0. The Balaban J connectivity index is 1.14. The van der Waals surface area contributed by atoms with E-state index in [9.17, 15) is 4.79 Å². The lowest BCUT2D eigenvalue weighted by Gasteiger charge is -2.32. The van der Waals surface area contributed by atoms with Crippen LogP contribution >= 0.6 is 23.2 Å². The summed E-state index contributed by atoms with van der Waals surface area (Å²) in [5, 5.41) is 4.53. The lowest BCUT2D eigenvalue weighted by atomic mass is 9.83. The number of fused-ring (bicyclic) bond motifs is 1. The van der Waals surface area contributed by atoms with Crippen LogP contribution in [0.4, 0.5) is 0 Å². The summed E-state index contributed by atoms with van der Waals surface area (Å²) in [5.74, 6) is 2.74. The van der Waals surface area contributed by atoms with Gasteiger partial charge in [0.1, 0.15) is 19.0 Å². The first-order valence-corrected chi connectivity index (χ1v) is 15.5. The van der Waals surface area contributed by atoms with Crippen LogP contribution in [0.5, 0.6) is 11.5 Å². The van der Waals surface area contributed by atoms with Crippen molar-refractivity contribution in [2.24, 2.45) is 17.8 Å². The third-order valence-electron chi connectivity index (χ3n) is 9.28. The van der Waals surface area contributed by atoms with Crippen LogP contribution in [0.3, 0.4) is 0 Å². The molecule has 0 spiro atoms. The van der Waals surface area contributed by atoms with E-state index in [-0.39, 0.29) is 11.8 Å². The Labute approximate surface area is 253 Å². The summed E-state index contributed by atoms with van der Waals surface area (Å²) in [4.78, 5) is 16.6. The van der Waals surface area contributed by atoms with E-state index in [0.717, 1.165) is 38.1 Å². The molecule has 4 atom stereocenters. The van der Waals surface area contributed by atoms with Gasteiger partial charge in [-0.3, -0.25) is 4.79 Å². The summed E-state index contributed by atoms with van der Waals surface area (Å²) < 4.78 is 11.7. The van der Waals surface area contributed by atoms with Crippen LogP contribution in [0.15, 0.2) is 60.7 Å². The number of carbonyl (C=O) groups excluding carboxylic acids is 1. The second-order valence-corrected chi connectivity index (χ2v) is 12.6. The number of rotatable bonds is 10. The average Bonchev–Trinajstić information content (AvgIpc) is 3.59. The first-order valence-electron chi connectivity index (χ1n) is 14.8. The average molecular weight is 594 g/mol. The molecule has 216 valence electrons. The van der Waals surface area contributed by atoms with Crippen LogP contribution in [0, 0.1) is 31.6 Å². The number of amides is 1. The fourth-order valence-corrected chi connectivity index (χ4v) is 7.27. The fourth-order valence-electron chi connectivity index (χ4n) is 6.77.